The minimum absolute atomic E-state index is 0.326. The molecule has 0 saturated carbocycles. The predicted molar refractivity (Wildman–Crippen MR) is 135 cm³/mol. The number of thiazole rings is 1. The molecule has 3 heterocycles. The topological polar surface area (TPSA) is 83.0 Å². The zero-order valence-electron chi connectivity index (χ0n) is 19.3. The van der Waals surface area contributed by atoms with Crippen molar-refractivity contribution >= 4 is 56.0 Å². The predicted octanol–water partition coefficient (Wildman–Crippen LogP) is 3.61. The smallest absolute Gasteiger partial charge is 0.262 e. The number of amides is 3. The van der Waals surface area contributed by atoms with E-state index in [4.69, 9.17) is 21.3 Å². The maximum atomic E-state index is 13.6. The average Bonchev–Trinajstić information content (AvgIpc) is 3.42. The van der Waals surface area contributed by atoms with Gasteiger partial charge in [-0.25, -0.2) is 4.98 Å². The van der Waals surface area contributed by atoms with Gasteiger partial charge in [0.15, 0.2) is 5.13 Å². The van der Waals surface area contributed by atoms with Crippen LogP contribution < -0.4 is 4.90 Å². The number of aromatic nitrogens is 1. The summed E-state index contributed by atoms with van der Waals surface area (Å²) in [6.07, 6.45) is 0.719. The molecule has 3 aromatic rings. The molecule has 0 N–H and O–H groups in total. The first-order valence-electron chi connectivity index (χ1n) is 11.6. The molecule has 35 heavy (non-hydrogen) atoms. The Morgan fingerprint density at radius 1 is 1.11 bits per heavy atom. The summed E-state index contributed by atoms with van der Waals surface area (Å²) in [6.45, 7) is 5.96. The highest BCUT2D eigenvalue weighted by Crippen LogP contribution is 2.36. The van der Waals surface area contributed by atoms with Crippen LogP contribution in [0.15, 0.2) is 36.4 Å². The van der Waals surface area contributed by atoms with Crippen molar-refractivity contribution in [2.24, 2.45) is 0 Å². The summed E-state index contributed by atoms with van der Waals surface area (Å²) in [5.41, 5.74) is 2.37. The zero-order valence-corrected chi connectivity index (χ0v) is 20.9. The number of hydrogen-bond acceptors (Lipinski definition) is 7. The van der Waals surface area contributed by atoms with Gasteiger partial charge < -0.3 is 4.74 Å². The van der Waals surface area contributed by atoms with Crippen molar-refractivity contribution < 1.29 is 19.1 Å². The van der Waals surface area contributed by atoms with E-state index in [0.717, 1.165) is 46.7 Å². The van der Waals surface area contributed by atoms with Gasteiger partial charge in [0.25, 0.3) is 11.8 Å². The molecule has 0 radical (unpaired) electrons. The summed E-state index contributed by atoms with van der Waals surface area (Å²) in [4.78, 5) is 48.9. The number of hydrogen-bond donors (Lipinski definition) is 0. The number of imide groups is 1. The summed E-state index contributed by atoms with van der Waals surface area (Å²) in [7, 11) is 0. The highest BCUT2D eigenvalue weighted by atomic mass is 35.5. The van der Waals surface area contributed by atoms with Crippen LogP contribution in [0.1, 0.15) is 32.7 Å². The molecule has 1 saturated heterocycles. The minimum Gasteiger partial charge on any atom is -0.379 e. The normalized spacial score (nSPS) is 16.2. The second kappa shape index (κ2) is 10.0. The van der Waals surface area contributed by atoms with Gasteiger partial charge in [-0.2, -0.15) is 0 Å². The molecule has 0 atom stereocenters. The third-order valence-electron chi connectivity index (χ3n) is 6.35. The van der Waals surface area contributed by atoms with Crippen LogP contribution in [0.4, 0.5) is 5.13 Å². The Morgan fingerprint density at radius 2 is 1.80 bits per heavy atom. The molecular weight excluding hydrogens is 488 g/mol. The van der Waals surface area contributed by atoms with Crippen LogP contribution >= 0.6 is 22.9 Å². The average molecular weight is 513 g/mol. The second-order valence-corrected chi connectivity index (χ2v) is 10.0. The van der Waals surface area contributed by atoms with Gasteiger partial charge in [0, 0.05) is 26.2 Å². The SMILES string of the molecule is Cc1ccc(Cl)c2sc(N(CCCN3CCOCC3)C(=O)CN3C(=O)c4ccccc4C3=O)nc12. The molecule has 182 valence electrons. The quantitative estimate of drug-likeness (QED) is 0.450. The van der Waals surface area contributed by atoms with E-state index in [2.05, 4.69) is 4.90 Å². The molecule has 3 amide bonds. The van der Waals surface area contributed by atoms with Gasteiger partial charge in [0.1, 0.15) is 6.54 Å². The monoisotopic (exact) mass is 512 g/mol. The molecular formula is C25H25ClN4O4S. The van der Waals surface area contributed by atoms with Crippen molar-refractivity contribution in [1.82, 2.24) is 14.8 Å². The lowest BCUT2D eigenvalue weighted by Crippen LogP contribution is -2.44. The van der Waals surface area contributed by atoms with Crippen LogP contribution in [-0.4, -0.2) is 78.4 Å². The van der Waals surface area contributed by atoms with Gasteiger partial charge >= 0.3 is 0 Å². The first kappa shape index (κ1) is 23.9. The molecule has 0 bridgehead atoms. The summed E-state index contributed by atoms with van der Waals surface area (Å²) in [5, 5.41) is 1.09. The van der Waals surface area contributed by atoms with Crippen LogP contribution in [0.3, 0.4) is 0 Å². The molecule has 8 nitrogen and oxygen atoms in total. The molecule has 2 aromatic carbocycles. The Kier molecular flexibility index (Phi) is 6.84. The minimum atomic E-state index is -0.449. The van der Waals surface area contributed by atoms with E-state index in [0.29, 0.717) is 41.0 Å². The molecule has 2 aliphatic rings. The van der Waals surface area contributed by atoms with Crippen molar-refractivity contribution in [1.29, 1.82) is 0 Å². The number of carbonyl (C=O) groups excluding carboxylic acids is 3. The number of rotatable bonds is 7. The molecule has 1 fully saturated rings. The van der Waals surface area contributed by atoms with Crippen LogP contribution in [0.25, 0.3) is 10.2 Å². The number of anilines is 1. The molecule has 0 spiro atoms. The molecule has 0 aliphatic carbocycles. The molecule has 5 rings (SSSR count). The van der Waals surface area contributed by atoms with E-state index in [9.17, 15) is 14.4 Å². The van der Waals surface area contributed by atoms with Gasteiger partial charge in [-0.1, -0.05) is 41.1 Å². The number of halogens is 1. The molecule has 2 aliphatic heterocycles. The number of carbonyl (C=O) groups is 3. The summed E-state index contributed by atoms with van der Waals surface area (Å²) in [6, 6.07) is 10.4. The first-order chi connectivity index (χ1) is 16.9. The van der Waals surface area contributed by atoms with Crippen molar-refractivity contribution in [3.05, 3.63) is 58.1 Å². The van der Waals surface area contributed by atoms with E-state index in [1.807, 2.05) is 19.1 Å². The van der Waals surface area contributed by atoms with Crippen molar-refractivity contribution in [3.63, 3.8) is 0 Å². The number of morpholine rings is 1. The number of fused-ring (bicyclic) bond motifs is 2. The Balaban J connectivity index is 1.39. The Labute approximate surface area is 212 Å². The third-order valence-corrected chi connectivity index (χ3v) is 7.89. The van der Waals surface area contributed by atoms with E-state index < -0.39 is 11.8 Å². The zero-order chi connectivity index (χ0) is 24.5. The Morgan fingerprint density at radius 3 is 2.46 bits per heavy atom. The van der Waals surface area contributed by atoms with Crippen LogP contribution in [-0.2, 0) is 9.53 Å². The summed E-state index contributed by atoms with van der Waals surface area (Å²) >= 11 is 7.76. The van der Waals surface area contributed by atoms with E-state index in [-0.39, 0.29) is 12.5 Å². The van der Waals surface area contributed by atoms with E-state index >= 15 is 0 Å². The highest BCUT2D eigenvalue weighted by molar-refractivity contribution is 7.23. The van der Waals surface area contributed by atoms with Gasteiger partial charge in [-0.05, 0) is 37.1 Å². The van der Waals surface area contributed by atoms with Gasteiger partial charge in [-0.3, -0.25) is 29.1 Å². The van der Waals surface area contributed by atoms with Crippen molar-refractivity contribution in [3.8, 4) is 0 Å². The van der Waals surface area contributed by atoms with Gasteiger partial charge in [0.05, 0.1) is 39.6 Å². The molecule has 0 unspecified atom stereocenters. The summed E-state index contributed by atoms with van der Waals surface area (Å²) in [5.74, 6) is -1.25. The lowest BCUT2D eigenvalue weighted by Gasteiger charge is -2.28. The van der Waals surface area contributed by atoms with Gasteiger partial charge in [-0.15, -0.1) is 0 Å². The van der Waals surface area contributed by atoms with Crippen molar-refractivity contribution in [2.45, 2.75) is 13.3 Å². The number of nitrogens with zero attached hydrogens (tertiary/aromatic N) is 4. The fourth-order valence-electron chi connectivity index (χ4n) is 4.41. The second-order valence-electron chi connectivity index (χ2n) is 8.63. The fraction of sp³-hybridized carbons (Fsp3) is 0.360. The summed E-state index contributed by atoms with van der Waals surface area (Å²) < 4.78 is 6.23. The van der Waals surface area contributed by atoms with E-state index in [1.54, 1.807) is 29.2 Å². The van der Waals surface area contributed by atoms with Crippen LogP contribution in [0, 0.1) is 6.92 Å². The first-order valence-corrected chi connectivity index (χ1v) is 12.7. The standard InChI is InChI=1S/C25H25ClN4O4S/c1-16-7-8-19(26)22-21(16)27-25(35-22)29(10-4-9-28-11-13-34-14-12-28)20(31)15-30-23(32)17-5-2-3-6-18(17)24(30)33/h2-3,5-8H,4,9-15H2,1H3. The highest BCUT2D eigenvalue weighted by Gasteiger charge is 2.37. The van der Waals surface area contributed by atoms with E-state index in [1.165, 1.54) is 11.3 Å². The van der Waals surface area contributed by atoms with Crippen LogP contribution in [0.2, 0.25) is 5.02 Å². The number of ether oxygens (including phenoxy) is 1. The number of aryl methyl sites for hydroxylation is 1. The van der Waals surface area contributed by atoms with Crippen molar-refractivity contribution in [2.75, 3.05) is 50.8 Å². The maximum Gasteiger partial charge on any atom is 0.262 e. The maximum absolute atomic E-state index is 13.6. The number of benzene rings is 2. The lowest BCUT2D eigenvalue weighted by atomic mass is 10.1. The fourth-order valence-corrected chi connectivity index (χ4v) is 5.77. The molecule has 10 heteroatoms. The van der Waals surface area contributed by atoms with Crippen LogP contribution in [0.5, 0.6) is 0 Å². The largest absolute Gasteiger partial charge is 0.379 e. The Bertz CT molecular complexity index is 1230. The lowest BCUT2D eigenvalue weighted by molar-refractivity contribution is -0.119. The Hall–Kier alpha value is -2.85. The third kappa shape index (κ3) is 4.69. The van der Waals surface area contributed by atoms with Gasteiger partial charge in [0.2, 0.25) is 5.91 Å². The molecule has 1 aromatic heterocycles.